The summed E-state index contributed by atoms with van der Waals surface area (Å²) in [6.45, 7) is 6.34. The fraction of sp³-hybridized carbons (Fsp3) is 0.176. The predicted octanol–water partition coefficient (Wildman–Crippen LogP) is 4.30. The molecule has 2 aromatic rings. The van der Waals surface area contributed by atoms with Gasteiger partial charge in [0, 0.05) is 6.54 Å². The maximum atomic E-state index is 5.40. The first kappa shape index (κ1) is 16.0. The predicted molar refractivity (Wildman–Crippen MR) is 92.5 cm³/mol. The van der Waals surface area contributed by atoms with Crippen molar-refractivity contribution in [2.75, 3.05) is 7.11 Å². The molecule has 0 spiro atoms. The van der Waals surface area contributed by atoms with Gasteiger partial charge in [-0.2, -0.15) is 5.10 Å². The molecule has 22 heavy (non-hydrogen) atoms. The number of H-pyrrole nitrogens is 1. The standard InChI is InChI=1S/C17H19N3OS/c1-4-8-13(2)9-7-12-20-16(18-19-17(20)22)14-10-5-6-11-15(14)21-3/h4-11H,1,12H2,2-3H3,(H,19,22)/b9-7-,13-8-. The van der Waals surface area contributed by atoms with Crippen LogP contribution in [0.5, 0.6) is 5.75 Å². The van der Waals surface area contributed by atoms with Crippen LogP contribution >= 0.6 is 12.2 Å². The van der Waals surface area contributed by atoms with Crippen molar-refractivity contribution in [2.24, 2.45) is 0 Å². The lowest BCUT2D eigenvalue weighted by molar-refractivity contribution is 0.416. The number of nitrogens with zero attached hydrogens (tertiary/aromatic N) is 2. The molecule has 0 aliphatic rings. The van der Waals surface area contributed by atoms with Gasteiger partial charge in [0.05, 0.1) is 12.7 Å². The van der Waals surface area contributed by atoms with Crippen molar-refractivity contribution in [3.05, 3.63) is 65.5 Å². The van der Waals surface area contributed by atoms with Gasteiger partial charge in [-0.25, -0.2) is 0 Å². The highest BCUT2D eigenvalue weighted by molar-refractivity contribution is 7.71. The van der Waals surface area contributed by atoms with E-state index in [1.807, 2.05) is 54.0 Å². The Kier molecular flexibility index (Phi) is 5.49. The van der Waals surface area contributed by atoms with Gasteiger partial charge in [-0.3, -0.25) is 9.67 Å². The number of rotatable bonds is 6. The Labute approximate surface area is 135 Å². The van der Waals surface area contributed by atoms with Crippen molar-refractivity contribution in [3.63, 3.8) is 0 Å². The van der Waals surface area contributed by atoms with Crippen LogP contribution in [0.25, 0.3) is 11.4 Å². The highest BCUT2D eigenvalue weighted by atomic mass is 32.1. The average Bonchev–Trinajstić information content (AvgIpc) is 2.88. The van der Waals surface area contributed by atoms with Crippen LogP contribution in [-0.4, -0.2) is 21.9 Å². The van der Waals surface area contributed by atoms with Crippen LogP contribution in [0, 0.1) is 4.77 Å². The summed E-state index contributed by atoms with van der Waals surface area (Å²) in [7, 11) is 1.65. The minimum atomic E-state index is 0.580. The second-order valence-electron chi connectivity index (χ2n) is 4.71. The Hall–Kier alpha value is -2.40. The van der Waals surface area contributed by atoms with Crippen molar-refractivity contribution in [1.82, 2.24) is 14.8 Å². The van der Waals surface area contributed by atoms with Crippen molar-refractivity contribution in [3.8, 4) is 17.1 Å². The maximum absolute atomic E-state index is 5.40. The fourth-order valence-corrected chi connectivity index (χ4v) is 2.31. The molecule has 114 valence electrons. The molecule has 1 N–H and O–H groups in total. The normalized spacial score (nSPS) is 11.8. The van der Waals surface area contributed by atoms with E-state index >= 15 is 0 Å². The third kappa shape index (κ3) is 3.62. The fourth-order valence-electron chi connectivity index (χ4n) is 2.11. The smallest absolute Gasteiger partial charge is 0.195 e. The minimum Gasteiger partial charge on any atom is -0.496 e. The molecule has 2 rings (SSSR count). The Morgan fingerprint density at radius 2 is 2.23 bits per heavy atom. The molecule has 0 saturated carbocycles. The Bertz CT molecular complexity index is 768. The quantitative estimate of drug-likeness (QED) is 0.638. The van der Waals surface area contributed by atoms with E-state index in [0.717, 1.165) is 22.7 Å². The van der Waals surface area contributed by atoms with Gasteiger partial charge in [0.2, 0.25) is 0 Å². The number of aromatic nitrogens is 3. The van der Waals surface area contributed by atoms with Gasteiger partial charge in [0.15, 0.2) is 10.6 Å². The average molecular weight is 313 g/mol. The summed E-state index contributed by atoms with van der Waals surface area (Å²) in [5, 5.41) is 7.18. The van der Waals surface area contributed by atoms with E-state index in [2.05, 4.69) is 16.8 Å². The number of hydrogen-bond acceptors (Lipinski definition) is 3. The van der Waals surface area contributed by atoms with Crippen molar-refractivity contribution < 1.29 is 4.74 Å². The molecule has 0 saturated heterocycles. The Morgan fingerprint density at radius 3 is 2.95 bits per heavy atom. The van der Waals surface area contributed by atoms with Crippen LogP contribution in [-0.2, 0) is 6.54 Å². The molecule has 0 amide bonds. The minimum absolute atomic E-state index is 0.580. The first-order valence-corrected chi connectivity index (χ1v) is 7.32. The van der Waals surface area contributed by atoms with Crippen LogP contribution < -0.4 is 4.74 Å². The highest BCUT2D eigenvalue weighted by Crippen LogP contribution is 2.28. The summed E-state index contributed by atoms with van der Waals surface area (Å²) in [4.78, 5) is 0. The number of allylic oxidation sites excluding steroid dienone is 5. The van der Waals surface area contributed by atoms with E-state index in [1.54, 1.807) is 13.2 Å². The number of nitrogens with one attached hydrogen (secondary N) is 1. The van der Waals surface area contributed by atoms with Crippen LogP contribution in [0.3, 0.4) is 0 Å². The van der Waals surface area contributed by atoms with Gasteiger partial charge in [-0.05, 0) is 31.3 Å². The first-order chi connectivity index (χ1) is 10.7. The molecule has 0 atom stereocenters. The van der Waals surface area contributed by atoms with Gasteiger partial charge in [0.25, 0.3) is 0 Å². The summed E-state index contributed by atoms with van der Waals surface area (Å²) in [6.07, 6.45) is 7.79. The van der Waals surface area contributed by atoms with Gasteiger partial charge < -0.3 is 4.74 Å². The zero-order valence-electron chi connectivity index (χ0n) is 12.7. The van der Waals surface area contributed by atoms with Gasteiger partial charge in [-0.1, -0.05) is 48.6 Å². The molecule has 0 aliphatic carbocycles. The van der Waals surface area contributed by atoms with E-state index in [0.29, 0.717) is 11.3 Å². The topological polar surface area (TPSA) is 42.8 Å². The van der Waals surface area contributed by atoms with Crippen LogP contribution in [0.4, 0.5) is 0 Å². The molecule has 0 radical (unpaired) electrons. The van der Waals surface area contributed by atoms with Crippen LogP contribution in [0.15, 0.2) is 60.7 Å². The molecule has 1 aromatic carbocycles. The number of benzene rings is 1. The van der Waals surface area contributed by atoms with Gasteiger partial charge in [-0.15, -0.1) is 0 Å². The highest BCUT2D eigenvalue weighted by Gasteiger charge is 2.12. The molecule has 0 fully saturated rings. The second kappa shape index (κ2) is 7.56. The SMILES string of the molecule is C=C/C=C(C)\C=C/Cn1c(-c2ccccc2OC)n[nH]c1=S. The maximum Gasteiger partial charge on any atom is 0.195 e. The molecule has 0 aliphatic heterocycles. The number of ether oxygens (including phenoxy) is 1. The lowest BCUT2D eigenvalue weighted by Gasteiger charge is -2.08. The largest absolute Gasteiger partial charge is 0.496 e. The number of para-hydroxylation sites is 1. The lowest BCUT2D eigenvalue weighted by Crippen LogP contribution is -2.00. The third-order valence-electron chi connectivity index (χ3n) is 3.16. The molecular formula is C17H19N3OS. The Morgan fingerprint density at radius 1 is 1.45 bits per heavy atom. The second-order valence-corrected chi connectivity index (χ2v) is 5.10. The zero-order chi connectivity index (χ0) is 15.9. The zero-order valence-corrected chi connectivity index (χ0v) is 13.6. The molecule has 0 unspecified atom stereocenters. The summed E-state index contributed by atoms with van der Waals surface area (Å²) < 4.78 is 7.91. The van der Waals surface area contributed by atoms with Crippen molar-refractivity contribution >= 4 is 12.2 Å². The van der Waals surface area contributed by atoms with Gasteiger partial charge >= 0.3 is 0 Å². The van der Waals surface area contributed by atoms with Gasteiger partial charge in [0.1, 0.15) is 5.75 Å². The molecule has 1 heterocycles. The van der Waals surface area contributed by atoms with Crippen molar-refractivity contribution in [2.45, 2.75) is 13.5 Å². The summed E-state index contributed by atoms with van der Waals surface area (Å²) >= 11 is 5.32. The Balaban J connectivity index is 2.35. The number of hydrogen-bond donors (Lipinski definition) is 1. The lowest BCUT2D eigenvalue weighted by atomic mass is 10.2. The van der Waals surface area contributed by atoms with Crippen molar-refractivity contribution in [1.29, 1.82) is 0 Å². The third-order valence-corrected chi connectivity index (χ3v) is 3.47. The van der Waals surface area contributed by atoms with E-state index in [9.17, 15) is 0 Å². The van der Waals surface area contributed by atoms with Crippen LogP contribution in [0.1, 0.15) is 6.92 Å². The number of methoxy groups -OCH3 is 1. The molecule has 5 heteroatoms. The summed E-state index contributed by atoms with van der Waals surface area (Å²) in [5.41, 5.74) is 2.04. The summed E-state index contributed by atoms with van der Waals surface area (Å²) in [5.74, 6) is 1.53. The molecule has 4 nitrogen and oxygen atoms in total. The summed E-state index contributed by atoms with van der Waals surface area (Å²) in [6, 6.07) is 7.75. The molecule has 1 aromatic heterocycles. The first-order valence-electron chi connectivity index (χ1n) is 6.92. The number of aromatic amines is 1. The molecule has 0 bridgehead atoms. The van der Waals surface area contributed by atoms with E-state index in [-0.39, 0.29) is 0 Å². The van der Waals surface area contributed by atoms with Crippen LogP contribution in [0.2, 0.25) is 0 Å². The van der Waals surface area contributed by atoms with E-state index in [4.69, 9.17) is 17.0 Å². The van der Waals surface area contributed by atoms with E-state index < -0.39 is 0 Å². The monoisotopic (exact) mass is 313 g/mol. The molecular weight excluding hydrogens is 294 g/mol. The van der Waals surface area contributed by atoms with E-state index in [1.165, 1.54) is 0 Å².